The summed E-state index contributed by atoms with van der Waals surface area (Å²) in [7, 11) is 0. The molecular weight excluding hydrogens is 328 g/mol. The molecule has 4 heteroatoms. The molecule has 0 unspecified atom stereocenters. The molecule has 3 nitrogen and oxygen atoms in total. The zero-order chi connectivity index (χ0) is 15.4. The monoisotopic (exact) mass is 346 g/mol. The Morgan fingerprint density at radius 1 is 1.29 bits per heavy atom. The summed E-state index contributed by atoms with van der Waals surface area (Å²) in [6.45, 7) is 6.68. The first-order valence-corrected chi connectivity index (χ1v) is 7.78. The first-order valence-electron chi connectivity index (χ1n) is 6.99. The van der Waals surface area contributed by atoms with Gasteiger partial charge in [0.05, 0.1) is 17.0 Å². The van der Waals surface area contributed by atoms with Crippen LogP contribution in [-0.4, -0.2) is 17.4 Å². The minimum Gasteiger partial charge on any atom is -0.352 e. The molecule has 0 fully saturated rings. The first kappa shape index (κ1) is 15.7. The Labute approximate surface area is 133 Å². The summed E-state index contributed by atoms with van der Waals surface area (Å²) in [6, 6.07) is 11.7. The van der Waals surface area contributed by atoms with E-state index in [1.54, 1.807) is 0 Å². The van der Waals surface area contributed by atoms with Crippen LogP contribution in [0.5, 0.6) is 0 Å². The number of benzene rings is 1. The van der Waals surface area contributed by atoms with E-state index in [0.717, 1.165) is 21.4 Å². The standard InChI is InChI=1S/C17H19BrN2O/c1-11(2)10-19-17(21)15-7-8-16(20-12(15)3)13-5-4-6-14(18)9-13/h4-9,11H,10H2,1-3H3,(H,19,21). The lowest BCUT2D eigenvalue weighted by molar-refractivity contribution is 0.0948. The van der Waals surface area contributed by atoms with Crippen molar-refractivity contribution in [1.82, 2.24) is 10.3 Å². The molecule has 0 saturated carbocycles. The Bertz CT molecular complexity index is 653. The number of hydrogen-bond acceptors (Lipinski definition) is 2. The van der Waals surface area contributed by atoms with E-state index in [0.29, 0.717) is 18.0 Å². The van der Waals surface area contributed by atoms with Gasteiger partial charge in [-0.25, -0.2) is 0 Å². The minimum absolute atomic E-state index is 0.0607. The van der Waals surface area contributed by atoms with Gasteiger partial charge >= 0.3 is 0 Å². The summed E-state index contributed by atoms with van der Waals surface area (Å²) >= 11 is 3.46. The van der Waals surface area contributed by atoms with E-state index >= 15 is 0 Å². The first-order chi connectivity index (χ1) is 9.97. The van der Waals surface area contributed by atoms with E-state index < -0.39 is 0 Å². The molecule has 0 aliphatic rings. The smallest absolute Gasteiger partial charge is 0.253 e. The van der Waals surface area contributed by atoms with Crippen LogP contribution in [-0.2, 0) is 0 Å². The molecule has 0 saturated heterocycles. The van der Waals surface area contributed by atoms with Crippen molar-refractivity contribution in [2.24, 2.45) is 5.92 Å². The maximum atomic E-state index is 12.1. The van der Waals surface area contributed by atoms with Crippen molar-refractivity contribution < 1.29 is 4.79 Å². The number of pyridine rings is 1. The number of aryl methyl sites for hydroxylation is 1. The maximum absolute atomic E-state index is 12.1. The van der Waals surface area contributed by atoms with Crippen molar-refractivity contribution in [3.05, 3.63) is 52.1 Å². The summed E-state index contributed by atoms with van der Waals surface area (Å²) < 4.78 is 1.01. The third-order valence-electron chi connectivity index (χ3n) is 3.12. The van der Waals surface area contributed by atoms with E-state index in [4.69, 9.17) is 0 Å². The number of carbonyl (C=O) groups excluding carboxylic acids is 1. The number of amides is 1. The highest BCUT2D eigenvalue weighted by atomic mass is 79.9. The van der Waals surface area contributed by atoms with Crippen LogP contribution in [0.25, 0.3) is 11.3 Å². The number of halogens is 1. The Balaban J connectivity index is 2.23. The topological polar surface area (TPSA) is 42.0 Å². The normalized spacial score (nSPS) is 10.7. The molecular formula is C17H19BrN2O. The SMILES string of the molecule is Cc1nc(-c2cccc(Br)c2)ccc1C(=O)NCC(C)C. The molecule has 0 atom stereocenters. The second-order valence-corrected chi connectivity index (χ2v) is 6.36. The Kier molecular flexibility index (Phi) is 5.12. The Morgan fingerprint density at radius 2 is 2.05 bits per heavy atom. The van der Waals surface area contributed by atoms with Crippen LogP contribution in [0.3, 0.4) is 0 Å². The van der Waals surface area contributed by atoms with Gasteiger partial charge in [0.2, 0.25) is 0 Å². The van der Waals surface area contributed by atoms with Crippen molar-refractivity contribution in [3.63, 3.8) is 0 Å². The van der Waals surface area contributed by atoms with Gasteiger partial charge in [-0.05, 0) is 37.1 Å². The van der Waals surface area contributed by atoms with Crippen molar-refractivity contribution >= 4 is 21.8 Å². The molecule has 1 amide bonds. The lowest BCUT2D eigenvalue weighted by Crippen LogP contribution is -2.28. The average Bonchev–Trinajstić information content (AvgIpc) is 2.44. The number of hydrogen-bond donors (Lipinski definition) is 1. The van der Waals surface area contributed by atoms with Crippen LogP contribution in [0.2, 0.25) is 0 Å². The molecule has 0 bridgehead atoms. The second-order valence-electron chi connectivity index (χ2n) is 5.44. The molecule has 2 rings (SSSR count). The van der Waals surface area contributed by atoms with Crippen LogP contribution in [0, 0.1) is 12.8 Å². The van der Waals surface area contributed by atoms with Gasteiger partial charge in [-0.15, -0.1) is 0 Å². The van der Waals surface area contributed by atoms with Gasteiger partial charge in [0.1, 0.15) is 0 Å². The maximum Gasteiger partial charge on any atom is 0.253 e. The molecule has 1 aromatic heterocycles. The molecule has 0 aliphatic carbocycles. The second kappa shape index (κ2) is 6.85. The summed E-state index contributed by atoms with van der Waals surface area (Å²) in [5.41, 5.74) is 3.28. The van der Waals surface area contributed by atoms with Crippen molar-refractivity contribution in [2.75, 3.05) is 6.54 Å². The molecule has 1 aromatic carbocycles. The van der Waals surface area contributed by atoms with E-state index in [2.05, 4.69) is 40.1 Å². The van der Waals surface area contributed by atoms with E-state index in [9.17, 15) is 4.79 Å². The summed E-state index contributed by atoms with van der Waals surface area (Å²) in [5, 5.41) is 2.92. The fourth-order valence-corrected chi connectivity index (χ4v) is 2.40. The van der Waals surface area contributed by atoms with Crippen molar-refractivity contribution in [1.29, 1.82) is 0 Å². The van der Waals surface area contributed by atoms with Gasteiger partial charge in [-0.2, -0.15) is 0 Å². The third-order valence-corrected chi connectivity index (χ3v) is 3.61. The lowest BCUT2D eigenvalue weighted by atomic mass is 10.1. The number of aromatic nitrogens is 1. The van der Waals surface area contributed by atoms with Crippen LogP contribution >= 0.6 is 15.9 Å². The highest BCUT2D eigenvalue weighted by Gasteiger charge is 2.11. The van der Waals surface area contributed by atoms with Gasteiger partial charge in [0, 0.05) is 16.6 Å². The largest absolute Gasteiger partial charge is 0.352 e. The zero-order valence-electron chi connectivity index (χ0n) is 12.5. The molecule has 21 heavy (non-hydrogen) atoms. The van der Waals surface area contributed by atoms with Crippen LogP contribution in [0.4, 0.5) is 0 Å². The molecule has 0 radical (unpaired) electrons. The summed E-state index contributed by atoms with van der Waals surface area (Å²) in [5.74, 6) is 0.373. The molecule has 2 aromatic rings. The Morgan fingerprint density at radius 3 is 2.67 bits per heavy atom. The molecule has 0 spiro atoms. The number of carbonyl (C=O) groups is 1. The van der Waals surface area contributed by atoms with Crippen molar-refractivity contribution in [3.8, 4) is 11.3 Å². The minimum atomic E-state index is -0.0607. The predicted octanol–water partition coefficient (Wildman–Crippen LogP) is 4.21. The molecule has 110 valence electrons. The number of nitrogens with one attached hydrogen (secondary N) is 1. The highest BCUT2D eigenvalue weighted by molar-refractivity contribution is 9.10. The van der Waals surface area contributed by atoms with Crippen molar-refractivity contribution in [2.45, 2.75) is 20.8 Å². The van der Waals surface area contributed by atoms with Gasteiger partial charge in [-0.3, -0.25) is 9.78 Å². The fraction of sp³-hybridized carbons (Fsp3) is 0.294. The van der Waals surface area contributed by atoms with Gasteiger partial charge in [0.15, 0.2) is 0 Å². The van der Waals surface area contributed by atoms with Gasteiger partial charge in [-0.1, -0.05) is 41.9 Å². The molecule has 1 N–H and O–H groups in total. The third kappa shape index (κ3) is 4.14. The summed E-state index contributed by atoms with van der Waals surface area (Å²) in [4.78, 5) is 16.7. The summed E-state index contributed by atoms with van der Waals surface area (Å²) in [6.07, 6.45) is 0. The van der Waals surface area contributed by atoms with Crippen LogP contribution in [0.1, 0.15) is 29.9 Å². The lowest BCUT2D eigenvalue weighted by Gasteiger charge is -2.10. The van der Waals surface area contributed by atoms with E-state index in [1.807, 2.05) is 43.3 Å². The van der Waals surface area contributed by atoms with Gasteiger partial charge in [0.25, 0.3) is 5.91 Å². The predicted molar refractivity (Wildman–Crippen MR) is 89.3 cm³/mol. The average molecular weight is 347 g/mol. The zero-order valence-corrected chi connectivity index (χ0v) is 14.1. The Hall–Kier alpha value is -1.68. The van der Waals surface area contributed by atoms with E-state index in [1.165, 1.54) is 0 Å². The number of nitrogens with zero attached hydrogens (tertiary/aromatic N) is 1. The van der Waals surface area contributed by atoms with Gasteiger partial charge < -0.3 is 5.32 Å². The number of rotatable bonds is 4. The van der Waals surface area contributed by atoms with Crippen LogP contribution in [0.15, 0.2) is 40.9 Å². The van der Waals surface area contributed by atoms with E-state index in [-0.39, 0.29) is 5.91 Å². The molecule has 0 aliphatic heterocycles. The highest BCUT2D eigenvalue weighted by Crippen LogP contribution is 2.22. The fourth-order valence-electron chi connectivity index (χ4n) is 2.00. The van der Waals surface area contributed by atoms with Crippen LogP contribution < -0.4 is 5.32 Å². The quantitative estimate of drug-likeness (QED) is 0.900. The molecule has 1 heterocycles.